The summed E-state index contributed by atoms with van der Waals surface area (Å²) in [6.07, 6.45) is 1.78. The highest BCUT2D eigenvalue weighted by molar-refractivity contribution is 5.92. The third kappa shape index (κ3) is 4.30. The first-order valence-corrected chi connectivity index (χ1v) is 7.65. The van der Waals surface area contributed by atoms with Gasteiger partial charge in [0, 0.05) is 25.4 Å². The van der Waals surface area contributed by atoms with Crippen LogP contribution in [0, 0.1) is 0 Å². The van der Waals surface area contributed by atoms with E-state index in [1.807, 2.05) is 13.8 Å². The fraction of sp³-hybridized carbons (Fsp3) is 0.667. The number of aromatic amines is 1. The molecule has 22 heavy (non-hydrogen) atoms. The molecule has 0 saturated carbocycles. The highest BCUT2D eigenvalue weighted by Crippen LogP contribution is 2.17. The third-order valence-electron chi connectivity index (χ3n) is 3.77. The molecule has 1 aliphatic heterocycles. The summed E-state index contributed by atoms with van der Waals surface area (Å²) < 4.78 is 5.55. The number of carboxylic acid groups (broad SMARTS) is 1. The average Bonchev–Trinajstić information content (AvgIpc) is 3.13. The molecule has 2 N–H and O–H groups in total. The summed E-state index contributed by atoms with van der Waals surface area (Å²) in [5, 5.41) is 15.8. The number of carbonyl (C=O) groups is 2. The molecule has 1 aromatic rings. The summed E-state index contributed by atoms with van der Waals surface area (Å²) in [5.41, 5.74) is 1.21. The van der Waals surface area contributed by atoms with E-state index in [4.69, 9.17) is 9.84 Å². The van der Waals surface area contributed by atoms with Gasteiger partial charge in [0.2, 0.25) is 0 Å². The second-order valence-electron chi connectivity index (χ2n) is 5.89. The van der Waals surface area contributed by atoms with Crippen LogP contribution in [0.3, 0.4) is 0 Å². The van der Waals surface area contributed by atoms with E-state index < -0.39 is 5.97 Å². The number of rotatable bonds is 7. The highest BCUT2D eigenvalue weighted by Gasteiger charge is 2.25. The summed E-state index contributed by atoms with van der Waals surface area (Å²) in [5.74, 6) is -0.922. The summed E-state index contributed by atoms with van der Waals surface area (Å²) in [6, 6.07) is 1.73. The van der Waals surface area contributed by atoms with Crippen LogP contribution in [0.5, 0.6) is 0 Å². The SMILES string of the molecule is CC(C)c1cc(C(=O)N(CCC(=O)O)CC2CCCO2)n[nH]1. The van der Waals surface area contributed by atoms with E-state index in [0.29, 0.717) is 18.8 Å². The molecule has 0 radical (unpaired) electrons. The Hall–Kier alpha value is -1.89. The second-order valence-corrected chi connectivity index (χ2v) is 5.89. The Morgan fingerprint density at radius 3 is 2.86 bits per heavy atom. The number of nitrogens with zero attached hydrogens (tertiary/aromatic N) is 2. The molecule has 1 atom stereocenters. The monoisotopic (exact) mass is 309 g/mol. The van der Waals surface area contributed by atoms with Gasteiger partial charge in [0.15, 0.2) is 0 Å². The zero-order chi connectivity index (χ0) is 16.1. The Balaban J connectivity index is 2.07. The van der Waals surface area contributed by atoms with Crippen molar-refractivity contribution in [2.45, 2.75) is 45.1 Å². The van der Waals surface area contributed by atoms with E-state index in [2.05, 4.69) is 10.2 Å². The lowest BCUT2D eigenvalue weighted by atomic mass is 10.1. The van der Waals surface area contributed by atoms with E-state index >= 15 is 0 Å². The lowest BCUT2D eigenvalue weighted by Crippen LogP contribution is -2.39. The third-order valence-corrected chi connectivity index (χ3v) is 3.77. The first-order valence-electron chi connectivity index (χ1n) is 7.65. The van der Waals surface area contributed by atoms with E-state index in [1.165, 1.54) is 4.90 Å². The minimum atomic E-state index is -0.921. The molecular formula is C15H23N3O4. The number of hydrogen-bond donors (Lipinski definition) is 2. The Bertz CT molecular complexity index is 521. The van der Waals surface area contributed by atoms with Crippen LogP contribution in [0.4, 0.5) is 0 Å². The van der Waals surface area contributed by atoms with Crippen LogP contribution in [-0.4, -0.2) is 57.9 Å². The Labute approximate surface area is 129 Å². The van der Waals surface area contributed by atoms with Gasteiger partial charge in [-0.3, -0.25) is 14.7 Å². The fourth-order valence-corrected chi connectivity index (χ4v) is 2.44. The van der Waals surface area contributed by atoms with Gasteiger partial charge in [-0.2, -0.15) is 5.10 Å². The lowest BCUT2D eigenvalue weighted by Gasteiger charge is -2.24. The molecular weight excluding hydrogens is 286 g/mol. The van der Waals surface area contributed by atoms with Gasteiger partial charge in [0.1, 0.15) is 5.69 Å². The summed E-state index contributed by atoms with van der Waals surface area (Å²) in [4.78, 5) is 24.9. The lowest BCUT2D eigenvalue weighted by molar-refractivity contribution is -0.137. The average molecular weight is 309 g/mol. The van der Waals surface area contributed by atoms with Crippen LogP contribution in [0.25, 0.3) is 0 Å². The zero-order valence-electron chi connectivity index (χ0n) is 13.0. The molecule has 1 aliphatic rings. The van der Waals surface area contributed by atoms with Gasteiger partial charge in [-0.05, 0) is 24.8 Å². The van der Waals surface area contributed by atoms with Crippen molar-refractivity contribution in [3.05, 3.63) is 17.5 Å². The van der Waals surface area contributed by atoms with Gasteiger partial charge in [-0.15, -0.1) is 0 Å². The van der Waals surface area contributed by atoms with Crippen molar-refractivity contribution in [2.24, 2.45) is 0 Å². The van der Waals surface area contributed by atoms with Crippen molar-refractivity contribution in [1.29, 1.82) is 0 Å². The number of H-pyrrole nitrogens is 1. The topological polar surface area (TPSA) is 95.5 Å². The van der Waals surface area contributed by atoms with E-state index in [-0.39, 0.29) is 30.9 Å². The summed E-state index contributed by atoms with van der Waals surface area (Å²) >= 11 is 0. The molecule has 0 aromatic carbocycles. The Kier molecular flexibility index (Phi) is 5.54. The molecule has 1 aromatic heterocycles. The molecule has 7 nitrogen and oxygen atoms in total. The number of aliphatic carboxylic acids is 1. The molecule has 0 spiro atoms. The predicted octanol–water partition coefficient (Wildman–Crippen LogP) is 1.63. The Morgan fingerprint density at radius 1 is 1.55 bits per heavy atom. The van der Waals surface area contributed by atoms with E-state index in [9.17, 15) is 9.59 Å². The standard InChI is InChI=1S/C15H23N3O4/c1-10(2)12-8-13(17-16-12)15(21)18(6-5-14(19)20)9-11-4-3-7-22-11/h8,10-11H,3-7,9H2,1-2H3,(H,16,17)(H,19,20). The van der Waals surface area contributed by atoms with Crippen LogP contribution in [0.15, 0.2) is 6.07 Å². The summed E-state index contributed by atoms with van der Waals surface area (Å²) in [6.45, 7) is 5.30. The van der Waals surface area contributed by atoms with Crippen molar-refractivity contribution in [1.82, 2.24) is 15.1 Å². The van der Waals surface area contributed by atoms with Gasteiger partial charge in [0.05, 0.1) is 12.5 Å². The first-order chi connectivity index (χ1) is 10.5. The zero-order valence-corrected chi connectivity index (χ0v) is 13.0. The molecule has 2 heterocycles. The number of hydrogen-bond acceptors (Lipinski definition) is 4. The number of aromatic nitrogens is 2. The maximum absolute atomic E-state index is 12.6. The minimum Gasteiger partial charge on any atom is -0.481 e. The predicted molar refractivity (Wildman–Crippen MR) is 79.8 cm³/mol. The van der Waals surface area contributed by atoms with Crippen LogP contribution in [0.2, 0.25) is 0 Å². The quantitative estimate of drug-likeness (QED) is 0.798. The van der Waals surface area contributed by atoms with E-state index in [1.54, 1.807) is 6.07 Å². The molecule has 7 heteroatoms. The highest BCUT2D eigenvalue weighted by atomic mass is 16.5. The number of amides is 1. The van der Waals surface area contributed by atoms with E-state index in [0.717, 1.165) is 18.5 Å². The van der Waals surface area contributed by atoms with Crippen LogP contribution >= 0.6 is 0 Å². The van der Waals surface area contributed by atoms with Crippen LogP contribution in [-0.2, 0) is 9.53 Å². The number of nitrogens with one attached hydrogen (secondary N) is 1. The molecule has 0 aliphatic carbocycles. The minimum absolute atomic E-state index is 0.0127. The van der Waals surface area contributed by atoms with Gasteiger partial charge in [-0.25, -0.2) is 0 Å². The van der Waals surface area contributed by atoms with Crippen molar-refractivity contribution in [2.75, 3.05) is 19.7 Å². The number of carbonyl (C=O) groups excluding carboxylic acids is 1. The van der Waals surface area contributed by atoms with Crippen molar-refractivity contribution in [3.63, 3.8) is 0 Å². The Morgan fingerprint density at radius 2 is 2.32 bits per heavy atom. The molecule has 1 unspecified atom stereocenters. The molecule has 1 amide bonds. The van der Waals surface area contributed by atoms with Crippen LogP contribution in [0.1, 0.15) is 55.2 Å². The van der Waals surface area contributed by atoms with Gasteiger partial charge >= 0.3 is 5.97 Å². The maximum atomic E-state index is 12.6. The molecule has 2 rings (SSSR count). The smallest absolute Gasteiger partial charge is 0.305 e. The van der Waals surface area contributed by atoms with Crippen molar-refractivity contribution < 1.29 is 19.4 Å². The summed E-state index contributed by atoms with van der Waals surface area (Å²) in [7, 11) is 0. The van der Waals surface area contributed by atoms with Crippen molar-refractivity contribution in [3.8, 4) is 0 Å². The largest absolute Gasteiger partial charge is 0.481 e. The molecule has 1 fully saturated rings. The van der Waals surface area contributed by atoms with Gasteiger partial charge < -0.3 is 14.7 Å². The number of ether oxygens (including phenoxy) is 1. The second kappa shape index (κ2) is 7.40. The van der Waals surface area contributed by atoms with Crippen LogP contribution < -0.4 is 0 Å². The van der Waals surface area contributed by atoms with Gasteiger partial charge in [0.25, 0.3) is 5.91 Å². The molecule has 0 bridgehead atoms. The number of carboxylic acids is 1. The van der Waals surface area contributed by atoms with Gasteiger partial charge in [-0.1, -0.05) is 13.8 Å². The first kappa shape index (κ1) is 16.5. The molecule has 1 saturated heterocycles. The molecule has 122 valence electrons. The maximum Gasteiger partial charge on any atom is 0.305 e. The fourth-order valence-electron chi connectivity index (χ4n) is 2.44. The normalized spacial score (nSPS) is 17.9. The van der Waals surface area contributed by atoms with Crippen molar-refractivity contribution >= 4 is 11.9 Å².